The van der Waals surface area contributed by atoms with Crippen LogP contribution in [0.3, 0.4) is 0 Å². The Bertz CT molecular complexity index is 355. The summed E-state index contributed by atoms with van der Waals surface area (Å²) in [6.07, 6.45) is 1.69. The second-order valence-corrected chi connectivity index (χ2v) is 5.24. The van der Waals surface area contributed by atoms with Gasteiger partial charge in [0.25, 0.3) is 0 Å². The molecule has 1 unspecified atom stereocenters. The molecule has 74 valence electrons. The fraction of sp³-hybridized carbons (Fsp3) is 0.200. The summed E-state index contributed by atoms with van der Waals surface area (Å²) in [7, 11) is 0. The zero-order chi connectivity index (χ0) is 9.80. The van der Waals surface area contributed by atoms with Crippen molar-refractivity contribution in [3.63, 3.8) is 0 Å². The SMILES string of the molecule is NCC(Sc1cccs1)c1ccco1. The van der Waals surface area contributed by atoms with Crippen LogP contribution < -0.4 is 5.73 Å². The minimum absolute atomic E-state index is 0.226. The van der Waals surface area contributed by atoms with Crippen LogP contribution in [0.25, 0.3) is 0 Å². The van der Waals surface area contributed by atoms with Gasteiger partial charge in [-0.1, -0.05) is 6.07 Å². The lowest BCUT2D eigenvalue weighted by molar-refractivity contribution is 0.507. The molecule has 0 saturated carbocycles. The van der Waals surface area contributed by atoms with Crippen molar-refractivity contribution in [3.8, 4) is 0 Å². The zero-order valence-corrected chi connectivity index (χ0v) is 9.18. The molecule has 0 aromatic carbocycles. The van der Waals surface area contributed by atoms with Crippen LogP contribution in [0.5, 0.6) is 0 Å². The molecular formula is C10H11NOS2. The van der Waals surface area contributed by atoms with Crippen LogP contribution in [0.4, 0.5) is 0 Å². The Balaban J connectivity index is 2.08. The summed E-state index contributed by atoms with van der Waals surface area (Å²) in [6, 6.07) is 8.01. The quantitative estimate of drug-likeness (QED) is 0.812. The average molecular weight is 225 g/mol. The molecular weight excluding hydrogens is 214 g/mol. The molecule has 14 heavy (non-hydrogen) atoms. The Hall–Kier alpha value is -0.710. The fourth-order valence-electron chi connectivity index (χ4n) is 1.17. The molecule has 2 rings (SSSR count). The summed E-state index contributed by atoms with van der Waals surface area (Å²) in [4.78, 5) is 0. The zero-order valence-electron chi connectivity index (χ0n) is 7.55. The van der Waals surface area contributed by atoms with Crippen molar-refractivity contribution in [1.29, 1.82) is 0 Å². The molecule has 0 aliphatic carbocycles. The van der Waals surface area contributed by atoms with E-state index in [1.54, 1.807) is 29.4 Å². The first-order valence-corrected chi connectivity index (χ1v) is 6.09. The highest BCUT2D eigenvalue weighted by Crippen LogP contribution is 2.36. The second kappa shape index (κ2) is 4.68. The third kappa shape index (κ3) is 2.20. The first-order valence-electron chi connectivity index (χ1n) is 4.34. The summed E-state index contributed by atoms with van der Waals surface area (Å²) in [5.41, 5.74) is 5.70. The highest BCUT2D eigenvalue weighted by molar-refractivity contribution is 8.01. The van der Waals surface area contributed by atoms with E-state index in [-0.39, 0.29) is 5.25 Å². The Morgan fingerprint density at radius 3 is 2.93 bits per heavy atom. The van der Waals surface area contributed by atoms with Crippen molar-refractivity contribution in [2.24, 2.45) is 5.73 Å². The van der Waals surface area contributed by atoms with Gasteiger partial charge in [0, 0.05) is 6.54 Å². The number of nitrogens with two attached hydrogens (primary N) is 1. The molecule has 2 aromatic rings. The summed E-state index contributed by atoms with van der Waals surface area (Å²) in [5, 5.41) is 2.29. The molecule has 2 heterocycles. The maximum absolute atomic E-state index is 5.70. The molecule has 0 aliphatic rings. The van der Waals surface area contributed by atoms with E-state index in [9.17, 15) is 0 Å². The molecule has 0 bridgehead atoms. The Morgan fingerprint density at radius 2 is 2.36 bits per heavy atom. The van der Waals surface area contributed by atoms with Gasteiger partial charge in [0.1, 0.15) is 5.76 Å². The predicted octanol–water partition coefficient (Wildman–Crippen LogP) is 3.13. The van der Waals surface area contributed by atoms with E-state index in [2.05, 4.69) is 11.4 Å². The minimum Gasteiger partial charge on any atom is -0.468 e. The first-order chi connectivity index (χ1) is 6.90. The third-order valence-corrected chi connectivity index (χ3v) is 4.14. The van der Waals surface area contributed by atoms with Crippen LogP contribution in [0.15, 0.2) is 44.5 Å². The maximum Gasteiger partial charge on any atom is 0.118 e. The van der Waals surface area contributed by atoms with Gasteiger partial charge in [0.2, 0.25) is 0 Å². The number of hydrogen-bond donors (Lipinski definition) is 1. The lowest BCUT2D eigenvalue weighted by atomic mass is 10.3. The largest absolute Gasteiger partial charge is 0.468 e. The molecule has 1 atom stereocenters. The van der Waals surface area contributed by atoms with E-state index in [4.69, 9.17) is 10.2 Å². The van der Waals surface area contributed by atoms with Crippen molar-refractivity contribution in [1.82, 2.24) is 0 Å². The molecule has 2 nitrogen and oxygen atoms in total. The highest BCUT2D eigenvalue weighted by Gasteiger charge is 2.14. The predicted molar refractivity (Wildman–Crippen MR) is 60.7 cm³/mol. The van der Waals surface area contributed by atoms with Gasteiger partial charge in [0.15, 0.2) is 0 Å². The number of thiophene rings is 1. The lowest BCUT2D eigenvalue weighted by Gasteiger charge is -2.09. The number of furan rings is 1. The van der Waals surface area contributed by atoms with Crippen LogP contribution in [0.1, 0.15) is 11.0 Å². The van der Waals surface area contributed by atoms with Crippen molar-refractivity contribution in [2.75, 3.05) is 6.54 Å². The molecule has 2 N–H and O–H groups in total. The first kappa shape index (κ1) is 9.83. The summed E-state index contributed by atoms with van der Waals surface area (Å²) in [6.45, 7) is 0.593. The van der Waals surface area contributed by atoms with Crippen molar-refractivity contribution in [3.05, 3.63) is 41.7 Å². The molecule has 0 fully saturated rings. The second-order valence-electron chi connectivity index (χ2n) is 2.79. The summed E-state index contributed by atoms with van der Waals surface area (Å²) >= 11 is 3.48. The van der Waals surface area contributed by atoms with Gasteiger partial charge in [-0.15, -0.1) is 23.1 Å². The molecule has 4 heteroatoms. The van der Waals surface area contributed by atoms with Gasteiger partial charge in [-0.3, -0.25) is 0 Å². The van der Waals surface area contributed by atoms with Crippen LogP contribution in [-0.4, -0.2) is 6.54 Å². The third-order valence-electron chi connectivity index (χ3n) is 1.83. The van der Waals surface area contributed by atoms with Gasteiger partial charge in [-0.2, -0.15) is 0 Å². The molecule has 0 radical (unpaired) electrons. The van der Waals surface area contributed by atoms with Gasteiger partial charge in [-0.05, 0) is 23.6 Å². The van der Waals surface area contributed by atoms with Crippen molar-refractivity contribution in [2.45, 2.75) is 9.46 Å². The average Bonchev–Trinajstić information content (AvgIpc) is 2.86. The van der Waals surface area contributed by atoms with E-state index < -0.39 is 0 Å². The molecule has 2 aromatic heterocycles. The van der Waals surface area contributed by atoms with E-state index in [1.165, 1.54) is 4.21 Å². The Morgan fingerprint density at radius 1 is 1.43 bits per heavy atom. The highest BCUT2D eigenvalue weighted by atomic mass is 32.2. The van der Waals surface area contributed by atoms with E-state index >= 15 is 0 Å². The van der Waals surface area contributed by atoms with E-state index in [1.807, 2.05) is 18.2 Å². The van der Waals surface area contributed by atoms with Gasteiger partial charge >= 0.3 is 0 Å². The molecule has 0 spiro atoms. The molecule has 0 aliphatic heterocycles. The lowest BCUT2D eigenvalue weighted by Crippen LogP contribution is -2.08. The number of rotatable bonds is 4. The maximum atomic E-state index is 5.70. The summed E-state index contributed by atoms with van der Waals surface area (Å²) < 4.78 is 6.61. The van der Waals surface area contributed by atoms with Crippen molar-refractivity contribution >= 4 is 23.1 Å². The van der Waals surface area contributed by atoms with Crippen LogP contribution in [-0.2, 0) is 0 Å². The van der Waals surface area contributed by atoms with Crippen LogP contribution >= 0.6 is 23.1 Å². The molecule has 0 amide bonds. The van der Waals surface area contributed by atoms with E-state index in [0.717, 1.165) is 5.76 Å². The van der Waals surface area contributed by atoms with E-state index in [0.29, 0.717) is 6.54 Å². The topological polar surface area (TPSA) is 39.2 Å². The Labute approximate surface area is 91.1 Å². The monoisotopic (exact) mass is 225 g/mol. The van der Waals surface area contributed by atoms with Crippen LogP contribution in [0, 0.1) is 0 Å². The molecule has 0 saturated heterocycles. The Kier molecular flexibility index (Phi) is 3.29. The van der Waals surface area contributed by atoms with Crippen molar-refractivity contribution < 1.29 is 4.42 Å². The normalized spacial score (nSPS) is 12.9. The van der Waals surface area contributed by atoms with Gasteiger partial charge < -0.3 is 10.2 Å². The smallest absolute Gasteiger partial charge is 0.118 e. The minimum atomic E-state index is 0.226. The number of hydrogen-bond acceptors (Lipinski definition) is 4. The summed E-state index contributed by atoms with van der Waals surface area (Å²) in [5.74, 6) is 0.950. The van der Waals surface area contributed by atoms with Gasteiger partial charge in [-0.25, -0.2) is 0 Å². The fourth-order valence-corrected chi connectivity index (χ4v) is 3.14. The van der Waals surface area contributed by atoms with Crippen LogP contribution in [0.2, 0.25) is 0 Å². The number of thioether (sulfide) groups is 1. The standard InChI is InChI=1S/C10H11NOS2/c11-7-9(8-3-1-5-12-8)14-10-4-2-6-13-10/h1-6,9H,7,11H2. The van der Waals surface area contributed by atoms with Gasteiger partial charge in [0.05, 0.1) is 15.7 Å².